The van der Waals surface area contributed by atoms with Gasteiger partial charge in [0, 0.05) is 18.8 Å². The van der Waals surface area contributed by atoms with Gasteiger partial charge in [0.05, 0.1) is 0 Å². The summed E-state index contributed by atoms with van der Waals surface area (Å²) in [5.74, 6) is -0.810. The summed E-state index contributed by atoms with van der Waals surface area (Å²) in [4.78, 5) is 14.6. The van der Waals surface area contributed by atoms with Gasteiger partial charge in [-0.05, 0) is 48.9 Å². The summed E-state index contributed by atoms with van der Waals surface area (Å²) < 4.78 is 0. The maximum absolute atomic E-state index is 12.1. The molecule has 0 bridgehead atoms. The molecule has 1 atom stereocenters. The summed E-state index contributed by atoms with van der Waals surface area (Å²) in [5, 5.41) is 9.97. The van der Waals surface area contributed by atoms with Crippen LogP contribution in [0.2, 0.25) is 0 Å². The van der Waals surface area contributed by atoms with Crippen molar-refractivity contribution >= 4 is 11.7 Å². The number of benzene rings is 2. The Hall–Kier alpha value is -2.29. The summed E-state index contributed by atoms with van der Waals surface area (Å²) in [6.45, 7) is 6.15. The lowest BCUT2D eigenvalue weighted by molar-refractivity contribution is -0.141. The van der Waals surface area contributed by atoms with Crippen molar-refractivity contribution in [1.29, 1.82) is 0 Å². The van der Waals surface area contributed by atoms with Crippen LogP contribution < -0.4 is 4.90 Å². The molecule has 0 aromatic heterocycles. The normalized spacial score (nSPS) is 16.3. The van der Waals surface area contributed by atoms with Crippen LogP contribution in [0.3, 0.4) is 0 Å². The number of carbonyl (C=O) groups is 1. The monoisotopic (exact) mass is 323 g/mol. The van der Waals surface area contributed by atoms with Gasteiger partial charge in [0.2, 0.25) is 0 Å². The van der Waals surface area contributed by atoms with E-state index in [1.54, 1.807) is 6.92 Å². The van der Waals surface area contributed by atoms with E-state index in [9.17, 15) is 9.90 Å². The van der Waals surface area contributed by atoms with E-state index < -0.39 is 11.4 Å². The number of carboxylic acids is 1. The van der Waals surface area contributed by atoms with E-state index >= 15 is 0 Å². The number of anilines is 1. The third-order valence-corrected chi connectivity index (χ3v) is 5.14. The van der Waals surface area contributed by atoms with Crippen molar-refractivity contribution in [2.45, 2.75) is 38.5 Å². The molecule has 0 saturated carbocycles. The Balaban J connectivity index is 2.06. The lowest BCUT2D eigenvalue weighted by Crippen LogP contribution is -2.35. The zero-order valence-corrected chi connectivity index (χ0v) is 14.5. The maximum atomic E-state index is 12.1. The van der Waals surface area contributed by atoms with Crippen LogP contribution in [0, 0.1) is 0 Å². The van der Waals surface area contributed by atoms with Crippen molar-refractivity contribution in [2.24, 2.45) is 0 Å². The highest BCUT2D eigenvalue weighted by molar-refractivity contribution is 5.86. The minimum Gasteiger partial charge on any atom is -0.480 e. The smallest absolute Gasteiger partial charge is 0.318 e. The molecule has 1 unspecified atom stereocenters. The second kappa shape index (κ2) is 6.68. The van der Waals surface area contributed by atoms with Gasteiger partial charge in [-0.2, -0.15) is 0 Å². The first-order chi connectivity index (χ1) is 11.6. The molecule has 0 fully saturated rings. The Bertz CT molecular complexity index is 726. The van der Waals surface area contributed by atoms with Gasteiger partial charge in [-0.15, -0.1) is 0 Å². The lowest BCUT2D eigenvalue weighted by atomic mass is 9.75. The molecule has 0 saturated heterocycles. The molecule has 0 amide bonds. The third-order valence-electron chi connectivity index (χ3n) is 5.14. The molecule has 1 N–H and O–H groups in total. The molecule has 1 heterocycles. The zero-order valence-electron chi connectivity index (χ0n) is 14.5. The van der Waals surface area contributed by atoms with Gasteiger partial charge in [0.25, 0.3) is 0 Å². The van der Waals surface area contributed by atoms with Crippen LogP contribution in [-0.2, 0) is 16.6 Å². The standard InChI is InChI=1S/C21H25NO2/c1-3-13-22-14-7-8-16-15-18(11-12-19(16)22)21(2,20(23)24)17-9-5-4-6-10-17/h4-6,9-12,15H,3,7-8,13-14H2,1-2H3,(H,23,24). The molecule has 1 aliphatic rings. The third kappa shape index (κ3) is 2.79. The maximum Gasteiger partial charge on any atom is 0.318 e. The predicted molar refractivity (Wildman–Crippen MR) is 97.8 cm³/mol. The Labute approximate surface area is 143 Å². The highest BCUT2D eigenvalue weighted by Gasteiger charge is 2.37. The lowest BCUT2D eigenvalue weighted by Gasteiger charge is -2.33. The number of rotatable bonds is 5. The largest absolute Gasteiger partial charge is 0.480 e. The highest BCUT2D eigenvalue weighted by atomic mass is 16.4. The molecule has 3 nitrogen and oxygen atoms in total. The Morgan fingerprint density at radius 1 is 1.17 bits per heavy atom. The van der Waals surface area contributed by atoms with E-state index in [0.29, 0.717) is 0 Å². The molecule has 0 aliphatic carbocycles. The Kier molecular flexibility index (Phi) is 4.61. The number of hydrogen-bond donors (Lipinski definition) is 1. The first-order valence-corrected chi connectivity index (χ1v) is 8.74. The molecule has 3 heteroatoms. The second-order valence-electron chi connectivity index (χ2n) is 6.73. The SMILES string of the molecule is CCCN1CCCc2cc(C(C)(C(=O)O)c3ccccc3)ccc21. The summed E-state index contributed by atoms with van der Waals surface area (Å²) in [6.07, 6.45) is 3.28. The molecule has 24 heavy (non-hydrogen) atoms. The molecule has 1 aliphatic heterocycles. The molecule has 0 spiro atoms. The van der Waals surface area contributed by atoms with Gasteiger partial charge < -0.3 is 10.0 Å². The van der Waals surface area contributed by atoms with E-state index in [1.807, 2.05) is 36.4 Å². The highest BCUT2D eigenvalue weighted by Crippen LogP contribution is 2.36. The second-order valence-corrected chi connectivity index (χ2v) is 6.73. The number of fused-ring (bicyclic) bond motifs is 1. The van der Waals surface area contributed by atoms with Crippen LogP contribution in [0.25, 0.3) is 0 Å². The summed E-state index contributed by atoms with van der Waals surface area (Å²) in [6, 6.07) is 15.7. The van der Waals surface area contributed by atoms with Gasteiger partial charge in [-0.25, -0.2) is 0 Å². The predicted octanol–water partition coefficient (Wildman–Crippen LogP) is 4.24. The number of nitrogens with zero attached hydrogens (tertiary/aromatic N) is 1. The fraction of sp³-hybridized carbons (Fsp3) is 0.381. The van der Waals surface area contributed by atoms with Crippen molar-refractivity contribution in [3.63, 3.8) is 0 Å². The minimum absolute atomic E-state index is 0.810. The van der Waals surface area contributed by atoms with E-state index in [-0.39, 0.29) is 0 Å². The summed E-state index contributed by atoms with van der Waals surface area (Å²) in [5.41, 5.74) is 3.20. The number of aryl methyl sites for hydroxylation is 1. The van der Waals surface area contributed by atoms with Crippen molar-refractivity contribution in [2.75, 3.05) is 18.0 Å². The average Bonchev–Trinajstić information content (AvgIpc) is 2.61. The van der Waals surface area contributed by atoms with Crippen molar-refractivity contribution in [3.8, 4) is 0 Å². The van der Waals surface area contributed by atoms with Gasteiger partial charge in [-0.3, -0.25) is 4.79 Å². The quantitative estimate of drug-likeness (QED) is 0.894. The number of carboxylic acid groups (broad SMARTS) is 1. The molecule has 126 valence electrons. The molecule has 2 aromatic rings. The van der Waals surface area contributed by atoms with Crippen LogP contribution in [0.5, 0.6) is 0 Å². The van der Waals surface area contributed by atoms with Crippen LogP contribution >= 0.6 is 0 Å². The van der Waals surface area contributed by atoms with E-state index in [4.69, 9.17) is 0 Å². The van der Waals surface area contributed by atoms with Crippen LogP contribution in [-0.4, -0.2) is 24.2 Å². The molecule has 2 aromatic carbocycles. The summed E-state index contributed by atoms with van der Waals surface area (Å²) >= 11 is 0. The first kappa shape index (κ1) is 16.6. The molecule has 3 rings (SSSR count). The number of aliphatic carboxylic acids is 1. The molecular weight excluding hydrogens is 298 g/mol. The van der Waals surface area contributed by atoms with Crippen LogP contribution in [0.15, 0.2) is 48.5 Å². The fourth-order valence-electron chi connectivity index (χ4n) is 3.67. The van der Waals surface area contributed by atoms with Gasteiger partial charge in [0.15, 0.2) is 0 Å². The van der Waals surface area contributed by atoms with Crippen molar-refractivity contribution < 1.29 is 9.90 Å². The average molecular weight is 323 g/mol. The Morgan fingerprint density at radius 3 is 2.58 bits per heavy atom. The van der Waals surface area contributed by atoms with E-state index in [2.05, 4.69) is 24.0 Å². The Morgan fingerprint density at radius 2 is 1.92 bits per heavy atom. The van der Waals surface area contributed by atoms with Gasteiger partial charge in [0.1, 0.15) is 5.41 Å². The number of hydrogen-bond acceptors (Lipinski definition) is 2. The minimum atomic E-state index is -1.02. The van der Waals surface area contributed by atoms with Crippen LogP contribution in [0.4, 0.5) is 5.69 Å². The van der Waals surface area contributed by atoms with E-state index in [1.165, 1.54) is 11.3 Å². The topological polar surface area (TPSA) is 40.5 Å². The molecular formula is C21H25NO2. The van der Waals surface area contributed by atoms with Crippen molar-refractivity contribution in [1.82, 2.24) is 0 Å². The van der Waals surface area contributed by atoms with Gasteiger partial charge in [-0.1, -0.05) is 49.4 Å². The molecule has 0 radical (unpaired) electrons. The summed E-state index contributed by atoms with van der Waals surface area (Å²) in [7, 11) is 0. The van der Waals surface area contributed by atoms with Crippen LogP contribution in [0.1, 0.15) is 43.4 Å². The van der Waals surface area contributed by atoms with Gasteiger partial charge >= 0.3 is 5.97 Å². The fourth-order valence-corrected chi connectivity index (χ4v) is 3.67. The van der Waals surface area contributed by atoms with E-state index in [0.717, 1.165) is 43.5 Å². The first-order valence-electron chi connectivity index (χ1n) is 8.74. The zero-order chi connectivity index (χ0) is 17.2. The van der Waals surface area contributed by atoms with Crippen molar-refractivity contribution in [3.05, 3.63) is 65.2 Å².